The molecule has 2 fully saturated rings. The lowest BCUT2D eigenvalue weighted by Gasteiger charge is -2.16. The van der Waals surface area contributed by atoms with Gasteiger partial charge in [-0.05, 0) is 61.6 Å². The first-order chi connectivity index (χ1) is 13.9. The molecule has 0 bridgehead atoms. The van der Waals surface area contributed by atoms with Crippen molar-refractivity contribution in [1.82, 2.24) is 15.3 Å². The Balaban J connectivity index is 1.24. The van der Waals surface area contributed by atoms with E-state index in [1.165, 1.54) is 12.1 Å². The number of fused-ring (bicyclic) bond motifs is 1. The molecular weight excluding hydrogens is 369 g/mol. The minimum Gasteiger partial charge on any atom is -0.343 e. The van der Waals surface area contributed by atoms with Crippen LogP contribution >= 0.6 is 0 Å². The second-order valence-electron chi connectivity index (χ2n) is 8.40. The molecule has 0 saturated heterocycles. The summed E-state index contributed by atoms with van der Waals surface area (Å²) in [6.07, 6.45) is 2.16. The SMILES string of the molecule is Cc1cc(F)cc(CC(=O)C2(NC(=O)[C@H]3C[C@@H]3c3nc4ccccc4[nH]3)CC2)c1. The number of halogens is 1. The number of aryl methyl sites for hydroxylation is 1. The van der Waals surface area contributed by atoms with E-state index in [4.69, 9.17) is 0 Å². The van der Waals surface area contributed by atoms with E-state index < -0.39 is 5.54 Å². The minimum absolute atomic E-state index is 0.0446. The van der Waals surface area contributed by atoms with Crippen molar-refractivity contribution in [2.45, 2.75) is 44.1 Å². The number of aromatic nitrogens is 2. The second kappa shape index (κ2) is 6.51. The van der Waals surface area contributed by atoms with Crippen LogP contribution in [0.1, 0.15) is 42.1 Å². The number of rotatable bonds is 6. The number of para-hydroxylation sites is 2. The van der Waals surface area contributed by atoms with Gasteiger partial charge >= 0.3 is 0 Å². The van der Waals surface area contributed by atoms with Crippen LogP contribution < -0.4 is 5.32 Å². The molecule has 0 unspecified atom stereocenters. The van der Waals surface area contributed by atoms with Crippen molar-refractivity contribution in [2.75, 3.05) is 0 Å². The third kappa shape index (κ3) is 3.43. The molecule has 5 rings (SSSR count). The zero-order valence-corrected chi connectivity index (χ0v) is 16.2. The van der Waals surface area contributed by atoms with E-state index in [1.807, 2.05) is 30.3 Å². The standard InChI is InChI=1S/C23H22FN3O2/c1-13-8-14(10-15(24)9-13)11-20(28)23(6-7-23)27-22(29)17-12-16(17)21-25-18-4-2-3-5-19(18)26-21/h2-5,8-10,16-17H,6-7,11-12H2,1H3,(H,25,26)(H,27,29)/t16-,17-/m0/s1. The Bertz CT molecular complexity index is 1080. The number of H-pyrrole nitrogens is 1. The topological polar surface area (TPSA) is 74.8 Å². The molecule has 148 valence electrons. The lowest BCUT2D eigenvalue weighted by molar-refractivity contribution is -0.129. The first-order valence-corrected chi connectivity index (χ1v) is 10.00. The highest BCUT2D eigenvalue weighted by Crippen LogP contribution is 2.48. The monoisotopic (exact) mass is 391 g/mol. The molecule has 1 amide bonds. The molecular formula is C23H22FN3O2. The van der Waals surface area contributed by atoms with Gasteiger partial charge in [0.2, 0.25) is 5.91 Å². The fraction of sp³-hybridized carbons (Fsp3) is 0.348. The van der Waals surface area contributed by atoms with Crippen molar-refractivity contribution in [3.05, 3.63) is 65.2 Å². The van der Waals surface area contributed by atoms with Crippen LogP contribution in [0.15, 0.2) is 42.5 Å². The molecule has 29 heavy (non-hydrogen) atoms. The third-order valence-electron chi connectivity index (χ3n) is 6.00. The van der Waals surface area contributed by atoms with E-state index in [-0.39, 0.29) is 35.8 Å². The van der Waals surface area contributed by atoms with Crippen LogP contribution in [0.2, 0.25) is 0 Å². The summed E-state index contributed by atoms with van der Waals surface area (Å²) in [5.41, 5.74) is 2.52. The molecule has 2 aromatic carbocycles. The van der Waals surface area contributed by atoms with Gasteiger partial charge in [-0.3, -0.25) is 9.59 Å². The second-order valence-corrected chi connectivity index (χ2v) is 8.40. The number of ketones is 1. The molecule has 2 aliphatic rings. The van der Waals surface area contributed by atoms with E-state index in [1.54, 1.807) is 6.92 Å². The van der Waals surface area contributed by atoms with Gasteiger partial charge in [-0.2, -0.15) is 0 Å². The molecule has 2 atom stereocenters. The number of Topliss-reactive ketones (excluding diaryl/α,β-unsaturated/α-hetero) is 1. The average molecular weight is 391 g/mol. The van der Waals surface area contributed by atoms with Crippen molar-refractivity contribution >= 4 is 22.7 Å². The van der Waals surface area contributed by atoms with Crippen LogP contribution in [0.25, 0.3) is 11.0 Å². The average Bonchev–Trinajstić information content (AvgIpc) is 3.58. The highest BCUT2D eigenvalue weighted by Gasteiger charge is 2.54. The summed E-state index contributed by atoms with van der Waals surface area (Å²) < 4.78 is 13.6. The molecule has 1 heterocycles. The number of nitrogens with zero attached hydrogens (tertiary/aromatic N) is 1. The molecule has 2 saturated carbocycles. The molecule has 0 radical (unpaired) electrons. The quantitative estimate of drug-likeness (QED) is 0.675. The molecule has 0 aliphatic heterocycles. The Kier molecular flexibility index (Phi) is 4.05. The lowest BCUT2D eigenvalue weighted by Crippen LogP contribution is -2.44. The fourth-order valence-corrected chi connectivity index (χ4v) is 4.13. The summed E-state index contributed by atoms with van der Waals surface area (Å²) >= 11 is 0. The smallest absolute Gasteiger partial charge is 0.224 e. The summed E-state index contributed by atoms with van der Waals surface area (Å²) in [6, 6.07) is 12.4. The summed E-state index contributed by atoms with van der Waals surface area (Å²) in [5, 5.41) is 2.99. The zero-order valence-electron chi connectivity index (χ0n) is 16.2. The maximum absolute atomic E-state index is 13.6. The number of aromatic amines is 1. The maximum Gasteiger partial charge on any atom is 0.224 e. The number of imidazole rings is 1. The van der Waals surface area contributed by atoms with E-state index in [9.17, 15) is 14.0 Å². The van der Waals surface area contributed by atoms with Crippen molar-refractivity contribution in [1.29, 1.82) is 0 Å². The van der Waals surface area contributed by atoms with Gasteiger partial charge in [0.05, 0.1) is 16.6 Å². The van der Waals surface area contributed by atoms with Crippen molar-refractivity contribution in [3.8, 4) is 0 Å². The van der Waals surface area contributed by atoms with Crippen LogP contribution in [0.3, 0.4) is 0 Å². The van der Waals surface area contributed by atoms with Crippen molar-refractivity contribution < 1.29 is 14.0 Å². The lowest BCUT2D eigenvalue weighted by atomic mass is 10.00. The number of carbonyl (C=O) groups excluding carboxylic acids is 2. The van der Waals surface area contributed by atoms with Gasteiger partial charge in [-0.1, -0.05) is 18.2 Å². The number of amides is 1. The summed E-state index contributed by atoms with van der Waals surface area (Å²) in [4.78, 5) is 33.5. The summed E-state index contributed by atoms with van der Waals surface area (Å²) in [6.45, 7) is 1.80. The molecule has 0 spiro atoms. The van der Waals surface area contributed by atoms with Gasteiger partial charge in [0.1, 0.15) is 11.6 Å². The van der Waals surface area contributed by atoms with Gasteiger partial charge in [0.15, 0.2) is 5.78 Å². The van der Waals surface area contributed by atoms with Gasteiger partial charge in [0, 0.05) is 18.3 Å². The molecule has 3 aromatic rings. The molecule has 6 heteroatoms. The third-order valence-corrected chi connectivity index (χ3v) is 6.00. The van der Waals surface area contributed by atoms with Crippen molar-refractivity contribution in [2.24, 2.45) is 5.92 Å². The number of benzene rings is 2. The van der Waals surface area contributed by atoms with Crippen LogP contribution in [-0.4, -0.2) is 27.2 Å². The van der Waals surface area contributed by atoms with E-state index in [2.05, 4.69) is 15.3 Å². The predicted octanol–water partition coefficient (Wildman–Crippen LogP) is 3.57. The van der Waals surface area contributed by atoms with Gasteiger partial charge in [0.25, 0.3) is 0 Å². The minimum atomic E-state index is -0.779. The number of hydrogen-bond donors (Lipinski definition) is 2. The first-order valence-electron chi connectivity index (χ1n) is 10.00. The van der Waals surface area contributed by atoms with Crippen LogP contribution in [-0.2, 0) is 16.0 Å². The first kappa shape index (κ1) is 18.0. The maximum atomic E-state index is 13.6. The van der Waals surface area contributed by atoms with Crippen molar-refractivity contribution in [3.63, 3.8) is 0 Å². The normalized spacial score (nSPS) is 21.7. The van der Waals surface area contributed by atoms with E-state index in [0.29, 0.717) is 18.4 Å². The fourth-order valence-electron chi connectivity index (χ4n) is 4.13. The summed E-state index contributed by atoms with van der Waals surface area (Å²) in [5.74, 6) is 0.274. The highest BCUT2D eigenvalue weighted by molar-refractivity contribution is 5.98. The molecule has 2 N–H and O–H groups in total. The number of nitrogens with one attached hydrogen (secondary N) is 2. The van der Waals surface area contributed by atoms with Crippen LogP contribution in [0.5, 0.6) is 0 Å². The Morgan fingerprint density at radius 1 is 1.24 bits per heavy atom. The summed E-state index contributed by atoms with van der Waals surface area (Å²) in [7, 11) is 0. The number of hydrogen-bond acceptors (Lipinski definition) is 3. The Hall–Kier alpha value is -3.02. The Morgan fingerprint density at radius 3 is 2.76 bits per heavy atom. The van der Waals surface area contributed by atoms with Gasteiger partial charge in [-0.15, -0.1) is 0 Å². The zero-order chi connectivity index (χ0) is 20.2. The van der Waals surface area contributed by atoms with Crippen LogP contribution in [0, 0.1) is 18.7 Å². The predicted molar refractivity (Wildman–Crippen MR) is 107 cm³/mol. The van der Waals surface area contributed by atoms with E-state index >= 15 is 0 Å². The Morgan fingerprint density at radius 2 is 2.03 bits per heavy atom. The molecule has 1 aromatic heterocycles. The molecule has 5 nitrogen and oxygen atoms in total. The Labute approximate surface area is 167 Å². The van der Waals surface area contributed by atoms with Crippen LogP contribution in [0.4, 0.5) is 4.39 Å². The van der Waals surface area contributed by atoms with Gasteiger partial charge in [-0.25, -0.2) is 9.37 Å². The van der Waals surface area contributed by atoms with E-state index in [0.717, 1.165) is 28.8 Å². The van der Waals surface area contributed by atoms with Gasteiger partial charge < -0.3 is 10.3 Å². The largest absolute Gasteiger partial charge is 0.343 e. The molecule has 2 aliphatic carbocycles. The number of carbonyl (C=O) groups is 2. The highest BCUT2D eigenvalue weighted by atomic mass is 19.1.